The Morgan fingerprint density at radius 3 is 3.13 bits per heavy atom. The molecule has 0 radical (unpaired) electrons. The van der Waals surface area contributed by atoms with Crippen LogP contribution in [0.3, 0.4) is 0 Å². The van der Waals surface area contributed by atoms with Gasteiger partial charge in [-0.1, -0.05) is 42.0 Å². The summed E-state index contributed by atoms with van der Waals surface area (Å²) in [4.78, 5) is 4.53. The molecule has 0 amide bonds. The van der Waals surface area contributed by atoms with Gasteiger partial charge < -0.3 is 0 Å². The van der Waals surface area contributed by atoms with Crippen LogP contribution in [0, 0.1) is 5.92 Å². The first kappa shape index (κ1) is 8.66. The van der Waals surface area contributed by atoms with Crippen LogP contribution in [0.1, 0.15) is 24.1 Å². The highest BCUT2D eigenvalue weighted by atomic mass is 14.7. The molecule has 0 aliphatic heterocycles. The van der Waals surface area contributed by atoms with E-state index in [0.717, 1.165) is 0 Å². The molecular weight excluding hydrogens is 182 g/mol. The van der Waals surface area contributed by atoms with Crippen molar-refractivity contribution in [1.82, 2.24) is 4.98 Å². The lowest BCUT2D eigenvalue weighted by molar-refractivity contribution is 0.637. The van der Waals surface area contributed by atoms with Crippen molar-refractivity contribution in [3.8, 4) is 0 Å². The molecule has 0 spiro atoms. The van der Waals surface area contributed by atoms with E-state index < -0.39 is 0 Å². The lowest BCUT2D eigenvalue weighted by Crippen LogP contribution is -2.18. The van der Waals surface area contributed by atoms with Crippen molar-refractivity contribution in [2.24, 2.45) is 5.92 Å². The van der Waals surface area contributed by atoms with Gasteiger partial charge in [0.05, 0.1) is 5.69 Å². The molecule has 1 aromatic rings. The first-order chi connectivity index (χ1) is 7.36. The second-order valence-corrected chi connectivity index (χ2v) is 4.19. The molecule has 2 unspecified atom stereocenters. The summed E-state index contributed by atoms with van der Waals surface area (Å²) in [7, 11) is 0. The molecule has 0 saturated heterocycles. The van der Waals surface area contributed by atoms with Crippen LogP contribution in [0.15, 0.2) is 48.2 Å². The summed E-state index contributed by atoms with van der Waals surface area (Å²) in [6.45, 7) is 2.19. The van der Waals surface area contributed by atoms with Gasteiger partial charge in [-0.05, 0) is 18.6 Å². The molecule has 1 nitrogen and oxygen atoms in total. The van der Waals surface area contributed by atoms with Crippen LogP contribution in [0.2, 0.25) is 0 Å². The third kappa shape index (κ3) is 1.27. The molecule has 0 N–H and O–H groups in total. The molecule has 2 atom stereocenters. The van der Waals surface area contributed by atoms with Crippen molar-refractivity contribution in [3.63, 3.8) is 0 Å². The van der Waals surface area contributed by atoms with Gasteiger partial charge in [0.1, 0.15) is 0 Å². The number of aromatic nitrogens is 1. The minimum Gasteiger partial charge on any atom is -0.260 e. The topological polar surface area (TPSA) is 12.9 Å². The van der Waals surface area contributed by atoms with E-state index >= 15 is 0 Å². The van der Waals surface area contributed by atoms with Gasteiger partial charge in [0.25, 0.3) is 0 Å². The van der Waals surface area contributed by atoms with Gasteiger partial charge in [-0.25, -0.2) is 0 Å². The van der Waals surface area contributed by atoms with Crippen molar-refractivity contribution in [2.75, 3.05) is 0 Å². The van der Waals surface area contributed by atoms with Gasteiger partial charge in [-0.2, -0.15) is 0 Å². The Morgan fingerprint density at radius 2 is 2.20 bits per heavy atom. The summed E-state index contributed by atoms with van der Waals surface area (Å²) in [6.07, 6.45) is 13.0. The number of allylic oxidation sites excluding steroid dienone is 5. The quantitative estimate of drug-likeness (QED) is 0.618. The molecule has 0 bridgehead atoms. The van der Waals surface area contributed by atoms with Crippen molar-refractivity contribution >= 4 is 6.08 Å². The number of rotatable bonds is 0. The van der Waals surface area contributed by atoms with Gasteiger partial charge in [0.15, 0.2) is 0 Å². The summed E-state index contributed by atoms with van der Waals surface area (Å²) < 4.78 is 0. The normalized spacial score (nSPS) is 26.9. The van der Waals surface area contributed by atoms with Crippen LogP contribution in [0.4, 0.5) is 0 Å². The number of nitrogens with zero attached hydrogens (tertiary/aromatic N) is 1. The zero-order valence-corrected chi connectivity index (χ0v) is 8.72. The summed E-state index contributed by atoms with van der Waals surface area (Å²) in [5, 5.41) is 0. The van der Waals surface area contributed by atoms with Crippen LogP contribution in [-0.4, -0.2) is 4.98 Å². The van der Waals surface area contributed by atoms with Crippen molar-refractivity contribution in [1.29, 1.82) is 0 Å². The summed E-state index contributed by atoms with van der Waals surface area (Å²) in [5.74, 6) is 0.952. The maximum atomic E-state index is 4.53. The zero-order valence-electron chi connectivity index (χ0n) is 8.72. The van der Waals surface area contributed by atoms with Gasteiger partial charge in [0, 0.05) is 18.0 Å². The van der Waals surface area contributed by atoms with E-state index in [2.05, 4.69) is 48.4 Å². The maximum Gasteiger partial charge on any atom is 0.0556 e. The molecule has 0 fully saturated rings. The first-order valence-electron chi connectivity index (χ1n) is 5.34. The Hall–Kier alpha value is -1.63. The van der Waals surface area contributed by atoms with Gasteiger partial charge in [0.2, 0.25) is 0 Å². The third-order valence-electron chi connectivity index (χ3n) is 3.23. The molecule has 2 aliphatic carbocycles. The lowest BCUT2D eigenvalue weighted by Gasteiger charge is -2.29. The van der Waals surface area contributed by atoms with E-state index in [1.807, 2.05) is 12.3 Å². The lowest BCUT2D eigenvalue weighted by atomic mass is 9.76. The standard InChI is InChI=1S/C14H13N/c1-10-4-2-5-11-7-8-12-6-3-9-15-14(12)13(10)11/h2-9,11,13H,1H3. The average molecular weight is 195 g/mol. The van der Waals surface area contributed by atoms with Crippen LogP contribution in [-0.2, 0) is 0 Å². The second kappa shape index (κ2) is 3.20. The average Bonchev–Trinajstić information content (AvgIpc) is 2.29. The molecular formula is C14H13N. The van der Waals surface area contributed by atoms with Crippen molar-refractivity contribution < 1.29 is 0 Å². The van der Waals surface area contributed by atoms with Crippen LogP contribution in [0.25, 0.3) is 6.08 Å². The third-order valence-corrected chi connectivity index (χ3v) is 3.23. The van der Waals surface area contributed by atoms with Gasteiger partial charge in [-0.15, -0.1) is 0 Å². The van der Waals surface area contributed by atoms with E-state index in [0.29, 0.717) is 11.8 Å². The Bertz CT molecular complexity index is 480. The molecule has 0 saturated carbocycles. The highest BCUT2D eigenvalue weighted by Crippen LogP contribution is 2.40. The fourth-order valence-electron chi connectivity index (χ4n) is 2.47. The molecule has 15 heavy (non-hydrogen) atoms. The van der Waals surface area contributed by atoms with E-state index in [4.69, 9.17) is 0 Å². The summed E-state index contributed by atoms with van der Waals surface area (Å²) >= 11 is 0. The largest absolute Gasteiger partial charge is 0.260 e. The summed E-state index contributed by atoms with van der Waals surface area (Å²) in [5.41, 5.74) is 3.90. The molecule has 3 rings (SSSR count). The predicted octanol–water partition coefficient (Wildman–Crippen LogP) is 3.32. The van der Waals surface area contributed by atoms with E-state index in [-0.39, 0.29) is 0 Å². The predicted molar refractivity (Wildman–Crippen MR) is 62.4 cm³/mol. The molecule has 74 valence electrons. The zero-order chi connectivity index (χ0) is 10.3. The van der Waals surface area contributed by atoms with Crippen LogP contribution < -0.4 is 0 Å². The molecule has 2 aliphatic rings. The van der Waals surface area contributed by atoms with E-state index in [1.54, 1.807) is 0 Å². The van der Waals surface area contributed by atoms with Crippen molar-refractivity contribution in [3.05, 3.63) is 59.5 Å². The number of pyridine rings is 1. The fourth-order valence-corrected chi connectivity index (χ4v) is 2.47. The highest BCUT2D eigenvalue weighted by Gasteiger charge is 2.28. The molecule has 1 heterocycles. The molecule has 1 aromatic heterocycles. The first-order valence-corrected chi connectivity index (χ1v) is 5.34. The van der Waals surface area contributed by atoms with Gasteiger partial charge >= 0.3 is 0 Å². The number of hydrogen-bond donors (Lipinski definition) is 0. The minimum atomic E-state index is 0.455. The number of hydrogen-bond acceptors (Lipinski definition) is 1. The molecule has 1 heteroatoms. The second-order valence-electron chi connectivity index (χ2n) is 4.19. The number of fused-ring (bicyclic) bond motifs is 3. The van der Waals surface area contributed by atoms with E-state index in [1.165, 1.54) is 16.8 Å². The maximum absolute atomic E-state index is 4.53. The molecule has 0 aromatic carbocycles. The monoisotopic (exact) mass is 195 g/mol. The Morgan fingerprint density at radius 1 is 1.27 bits per heavy atom. The Kier molecular flexibility index (Phi) is 1.84. The van der Waals surface area contributed by atoms with Crippen LogP contribution >= 0.6 is 0 Å². The van der Waals surface area contributed by atoms with E-state index in [9.17, 15) is 0 Å². The summed E-state index contributed by atoms with van der Waals surface area (Å²) in [6, 6.07) is 4.14. The fraction of sp³-hybridized carbons (Fsp3) is 0.214. The Balaban J connectivity index is 2.18. The highest BCUT2D eigenvalue weighted by molar-refractivity contribution is 5.59. The minimum absolute atomic E-state index is 0.455. The SMILES string of the molecule is CC1=CC=CC2C=Cc3cccnc3C12. The van der Waals surface area contributed by atoms with Gasteiger partial charge in [-0.3, -0.25) is 4.98 Å². The van der Waals surface area contributed by atoms with Crippen molar-refractivity contribution in [2.45, 2.75) is 12.8 Å². The Labute approximate surface area is 89.9 Å². The van der Waals surface area contributed by atoms with Crippen LogP contribution in [0.5, 0.6) is 0 Å². The smallest absolute Gasteiger partial charge is 0.0556 e.